The number of rotatable bonds is 1. The first kappa shape index (κ1) is 11.0. The highest BCUT2D eigenvalue weighted by atomic mass is 19.1. The van der Waals surface area contributed by atoms with Crippen LogP contribution in [0.3, 0.4) is 0 Å². The van der Waals surface area contributed by atoms with E-state index in [-0.39, 0.29) is 12.1 Å². The molecule has 0 radical (unpaired) electrons. The maximum Gasteiger partial charge on any atom is 0.316 e. The van der Waals surface area contributed by atoms with E-state index < -0.39 is 11.8 Å². The molecule has 0 fully saturated rings. The molecule has 2 amide bonds. The number of carbonyl (C=O) groups excluding carboxylic acids is 1. The van der Waals surface area contributed by atoms with Crippen molar-refractivity contribution < 1.29 is 9.18 Å². The Morgan fingerprint density at radius 1 is 1.53 bits per heavy atom. The van der Waals surface area contributed by atoms with Crippen LogP contribution in [-0.2, 0) is 0 Å². The summed E-state index contributed by atoms with van der Waals surface area (Å²) in [6.07, 6.45) is 0. The molecule has 0 heterocycles. The first-order valence-corrected chi connectivity index (χ1v) is 4.18. The van der Waals surface area contributed by atoms with E-state index in [1.807, 2.05) is 0 Å². The Balaban J connectivity index is 2.99. The third-order valence-corrected chi connectivity index (χ3v) is 1.56. The lowest BCUT2D eigenvalue weighted by Crippen LogP contribution is -2.19. The zero-order valence-electron chi connectivity index (χ0n) is 7.88. The number of hydrogen-bond donors (Lipinski definition) is 3. The smallest absolute Gasteiger partial charge is 0.316 e. The fourth-order valence-electron chi connectivity index (χ4n) is 0.987. The van der Waals surface area contributed by atoms with E-state index in [1.54, 1.807) is 0 Å². The van der Waals surface area contributed by atoms with E-state index in [9.17, 15) is 9.18 Å². The summed E-state index contributed by atoms with van der Waals surface area (Å²) >= 11 is 0. The summed E-state index contributed by atoms with van der Waals surface area (Å²) in [6.45, 7) is 0.146. The van der Waals surface area contributed by atoms with Crippen LogP contribution in [0.15, 0.2) is 18.2 Å². The lowest BCUT2D eigenvalue weighted by atomic mass is 10.2. The van der Waals surface area contributed by atoms with Gasteiger partial charge in [-0.1, -0.05) is 11.8 Å². The summed E-state index contributed by atoms with van der Waals surface area (Å²) in [7, 11) is 0. The number of nitrogens with two attached hydrogens (primary N) is 2. The van der Waals surface area contributed by atoms with Crippen LogP contribution >= 0.6 is 0 Å². The van der Waals surface area contributed by atoms with E-state index in [0.29, 0.717) is 5.69 Å². The molecule has 0 spiro atoms. The number of halogens is 1. The van der Waals surface area contributed by atoms with Crippen molar-refractivity contribution in [2.45, 2.75) is 0 Å². The predicted octanol–water partition coefficient (Wildman–Crippen LogP) is 0.627. The van der Waals surface area contributed by atoms with Gasteiger partial charge in [-0.2, -0.15) is 0 Å². The van der Waals surface area contributed by atoms with Crippen LogP contribution in [0.2, 0.25) is 0 Å². The van der Waals surface area contributed by atoms with Crippen molar-refractivity contribution in [3.8, 4) is 11.8 Å². The molecule has 0 aliphatic carbocycles. The molecule has 1 aromatic carbocycles. The van der Waals surface area contributed by atoms with Gasteiger partial charge in [-0.25, -0.2) is 9.18 Å². The standard InChI is InChI=1S/C10H10FN3O/c11-9-4-3-8(14-10(13)15)6-7(9)2-1-5-12/h3-4,6H,5,12H2,(H3,13,14,15). The van der Waals surface area contributed by atoms with E-state index in [4.69, 9.17) is 11.5 Å². The van der Waals surface area contributed by atoms with Crippen molar-refractivity contribution >= 4 is 11.7 Å². The molecule has 0 saturated carbocycles. The quantitative estimate of drug-likeness (QED) is 0.590. The lowest BCUT2D eigenvalue weighted by Gasteiger charge is -2.02. The zero-order chi connectivity index (χ0) is 11.3. The predicted molar refractivity (Wildman–Crippen MR) is 55.5 cm³/mol. The van der Waals surface area contributed by atoms with Crippen molar-refractivity contribution in [3.05, 3.63) is 29.6 Å². The molecule has 78 valence electrons. The minimum Gasteiger partial charge on any atom is -0.351 e. The number of benzene rings is 1. The zero-order valence-corrected chi connectivity index (χ0v) is 7.88. The Labute approximate surface area is 86.4 Å². The molecular formula is C10H10FN3O. The molecular weight excluding hydrogens is 197 g/mol. The molecule has 15 heavy (non-hydrogen) atoms. The number of urea groups is 1. The van der Waals surface area contributed by atoms with Crippen molar-refractivity contribution in [1.82, 2.24) is 0 Å². The van der Waals surface area contributed by atoms with Gasteiger partial charge >= 0.3 is 6.03 Å². The van der Waals surface area contributed by atoms with E-state index in [1.165, 1.54) is 18.2 Å². The third-order valence-electron chi connectivity index (χ3n) is 1.56. The summed E-state index contributed by atoms with van der Waals surface area (Å²) in [4.78, 5) is 10.5. The molecule has 1 rings (SSSR count). The highest BCUT2D eigenvalue weighted by Gasteiger charge is 2.02. The van der Waals surface area contributed by atoms with E-state index in [0.717, 1.165) is 0 Å². The number of carbonyl (C=O) groups is 1. The first-order chi connectivity index (χ1) is 7.13. The number of hydrogen-bond acceptors (Lipinski definition) is 2. The summed E-state index contributed by atoms with van der Waals surface area (Å²) in [5.74, 6) is 4.60. The highest BCUT2D eigenvalue weighted by molar-refractivity contribution is 5.87. The van der Waals surface area contributed by atoms with Crippen LogP contribution in [0, 0.1) is 17.7 Å². The van der Waals surface area contributed by atoms with Crippen molar-refractivity contribution in [3.63, 3.8) is 0 Å². The van der Waals surface area contributed by atoms with E-state index >= 15 is 0 Å². The minimum absolute atomic E-state index is 0.146. The SMILES string of the molecule is NCC#Cc1cc(NC(N)=O)ccc1F. The molecule has 0 aliphatic heterocycles. The van der Waals surface area contributed by atoms with Gasteiger partial charge in [-0.3, -0.25) is 0 Å². The van der Waals surface area contributed by atoms with Crippen LogP contribution in [0.5, 0.6) is 0 Å². The normalized spacial score (nSPS) is 8.93. The molecule has 0 aliphatic rings. The third kappa shape index (κ3) is 3.29. The summed E-state index contributed by atoms with van der Waals surface area (Å²) in [5, 5.41) is 2.32. The first-order valence-electron chi connectivity index (χ1n) is 4.18. The van der Waals surface area contributed by atoms with Gasteiger partial charge in [0.1, 0.15) is 5.82 Å². The van der Waals surface area contributed by atoms with Crippen molar-refractivity contribution in [1.29, 1.82) is 0 Å². The van der Waals surface area contributed by atoms with Gasteiger partial charge in [0, 0.05) is 5.69 Å². The summed E-state index contributed by atoms with van der Waals surface area (Å²) in [5.41, 5.74) is 10.6. The van der Waals surface area contributed by atoms with Crippen molar-refractivity contribution in [2.24, 2.45) is 11.5 Å². The van der Waals surface area contributed by atoms with Gasteiger partial charge in [-0.15, -0.1) is 0 Å². The van der Waals surface area contributed by atoms with Crippen LogP contribution < -0.4 is 16.8 Å². The molecule has 0 bridgehead atoms. The molecule has 4 nitrogen and oxygen atoms in total. The van der Waals surface area contributed by atoms with Gasteiger partial charge in [0.05, 0.1) is 12.1 Å². The average molecular weight is 207 g/mol. The fourth-order valence-corrected chi connectivity index (χ4v) is 0.987. The second kappa shape index (κ2) is 4.98. The summed E-state index contributed by atoms with van der Waals surface area (Å²) < 4.78 is 13.1. The van der Waals surface area contributed by atoms with Gasteiger partial charge < -0.3 is 16.8 Å². The number of nitrogens with one attached hydrogen (secondary N) is 1. The Kier molecular flexibility index (Phi) is 3.66. The Bertz CT molecular complexity index is 434. The molecule has 0 unspecified atom stereocenters. The van der Waals surface area contributed by atoms with Crippen LogP contribution in [0.1, 0.15) is 5.56 Å². The average Bonchev–Trinajstić information content (AvgIpc) is 2.18. The van der Waals surface area contributed by atoms with Crippen molar-refractivity contribution in [2.75, 3.05) is 11.9 Å². The summed E-state index contributed by atoms with van der Waals surface area (Å²) in [6, 6.07) is 3.28. The molecule has 0 atom stereocenters. The monoisotopic (exact) mass is 207 g/mol. The van der Waals surface area contributed by atoms with Crippen LogP contribution in [0.4, 0.5) is 14.9 Å². The molecule has 0 saturated heterocycles. The van der Waals surface area contributed by atoms with Crippen LogP contribution in [-0.4, -0.2) is 12.6 Å². The molecule has 5 N–H and O–H groups in total. The Morgan fingerprint density at radius 3 is 2.87 bits per heavy atom. The molecule has 1 aromatic rings. The van der Waals surface area contributed by atoms with E-state index in [2.05, 4.69) is 17.2 Å². The number of primary amides is 1. The Morgan fingerprint density at radius 2 is 2.27 bits per heavy atom. The fraction of sp³-hybridized carbons (Fsp3) is 0.100. The topological polar surface area (TPSA) is 81.1 Å². The number of amides is 2. The minimum atomic E-state index is -0.709. The maximum absolute atomic E-state index is 13.1. The van der Waals surface area contributed by atoms with Gasteiger partial charge in [-0.05, 0) is 18.2 Å². The Hall–Kier alpha value is -2.06. The second-order valence-corrected chi connectivity index (χ2v) is 2.69. The molecule has 5 heteroatoms. The molecule has 0 aromatic heterocycles. The van der Waals surface area contributed by atoms with Crippen LogP contribution in [0.25, 0.3) is 0 Å². The number of anilines is 1. The van der Waals surface area contributed by atoms with Gasteiger partial charge in [0.25, 0.3) is 0 Å². The largest absolute Gasteiger partial charge is 0.351 e. The van der Waals surface area contributed by atoms with Gasteiger partial charge in [0.2, 0.25) is 0 Å². The maximum atomic E-state index is 13.1. The van der Waals surface area contributed by atoms with Gasteiger partial charge in [0.15, 0.2) is 0 Å². The highest BCUT2D eigenvalue weighted by Crippen LogP contribution is 2.13. The second-order valence-electron chi connectivity index (χ2n) is 2.69. The lowest BCUT2D eigenvalue weighted by molar-refractivity contribution is 0.259.